The Hall–Kier alpha value is -2.38. The van der Waals surface area contributed by atoms with E-state index < -0.39 is 22.0 Å². The molecule has 7 heteroatoms. The predicted molar refractivity (Wildman–Crippen MR) is 108 cm³/mol. The maximum Gasteiger partial charge on any atom is 0.307 e. The average Bonchev–Trinajstić information content (AvgIpc) is 2.62. The number of benzene rings is 2. The second kappa shape index (κ2) is 9.21. The van der Waals surface area contributed by atoms with Crippen LogP contribution in [0.25, 0.3) is 0 Å². The van der Waals surface area contributed by atoms with Gasteiger partial charge in [-0.1, -0.05) is 29.8 Å². The van der Waals surface area contributed by atoms with Crippen LogP contribution in [-0.2, 0) is 19.6 Å². The molecule has 1 N–H and O–H groups in total. The maximum absolute atomic E-state index is 12.9. The molecule has 0 saturated heterocycles. The number of aryl methyl sites for hydroxylation is 2. The van der Waals surface area contributed by atoms with Gasteiger partial charge in [0.05, 0.1) is 30.6 Å². The van der Waals surface area contributed by atoms with Crippen LogP contribution in [-0.4, -0.2) is 27.6 Å². The highest BCUT2D eigenvalue weighted by Crippen LogP contribution is 2.25. The van der Waals surface area contributed by atoms with Gasteiger partial charge in [-0.25, -0.2) is 13.1 Å². The van der Waals surface area contributed by atoms with E-state index in [1.807, 2.05) is 32.9 Å². The first-order valence-electron chi connectivity index (χ1n) is 9.05. The lowest BCUT2D eigenvalue weighted by Crippen LogP contribution is -2.30. The van der Waals surface area contributed by atoms with Gasteiger partial charge in [0.1, 0.15) is 5.75 Å². The molecule has 0 bridgehead atoms. The Kier molecular flexibility index (Phi) is 7.21. The summed E-state index contributed by atoms with van der Waals surface area (Å²) in [6.07, 6.45) is -0.114. The standard InChI is InChI=1S/C21H27NO5S/c1-14(2)27-20-11-10-18(12-16(20)4)28(24,25)22-19(13-21(23)26-5)17-8-6-15(3)7-9-17/h6-12,14,19,22H,13H2,1-5H3. The molecule has 0 aliphatic carbocycles. The van der Waals surface area contributed by atoms with E-state index in [2.05, 4.69) is 4.72 Å². The van der Waals surface area contributed by atoms with Gasteiger partial charge < -0.3 is 9.47 Å². The molecule has 1 unspecified atom stereocenters. The van der Waals surface area contributed by atoms with Crippen LogP contribution in [0.15, 0.2) is 47.4 Å². The molecule has 0 aliphatic heterocycles. The van der Waals surface area contributed by atoms with Gasteiger partial charge in [-0.3, -0.25) is 4.79 Å². The number of ether oxygens (including phenoxy) is 2. The molecular formula is C21H27NO5S. The Morgan fingerprint density at radius 3 is 2.25 bits per heavy atom. The highest BCUT2D eigenvalue weighted by molar-refractivity contribution is 7.89. The Morgan fingerprint density at radius 1 is 1.07 bits per heavy atom. The number of hydrogen-bond acceptors (Lipinski definition) is 5. The van der Waals surface area contributed by atoms with Crippen molar-refractivity contribution in [1.82, 2.24) is 4.72 Å². The Balaban J connectivity index is 2.32. The number of esters is 1. The zero-order valence-electron chi connectivity index (χ0n) is 16.9. The van der Waals surface area contributed by atoms with Gasteiger partial charge >= 0.3 is 5.97 Å². The summed E-state index contributed by atoms with van der Waals surface area (Å²) in [6, 6.07) is 11.3. The van der Waals surface area contributed by atoms with Crippen LogP contribution in [0.1, 0.15) is 43.0 Å². The normalized spacial score (nSPS) is 12.6. The van der Waals surface area contributed by atoms with E-state index >= 15 is 0 Å². The van der Waals surface area contributed by atoms with E-state index in [0.717, 1.165) is 11.1 Å². The monoisotopic (exact) mass is 405 g/mol. The van der Waals surface area contributed by atoms with E-state index in [-0.39, 0.29) is 17.4 Å². The lowest BCUT2D eigenvalue weighted by atomic mass is 10.0. The van der Waals surface area contributed by atoms with Crippen molar-refractivity contribution in [2.24, 2.45) is 0 Å². The molecule has 2 aromatic rings. The Bertz CT molecular complexity index is 920. The van der Waals surface area contributed by atoms with Crippen LogP contribution in [0.5, 0.6) is 5.75 Å². The van der Waals surface area contributed by atoms with Gasteiger partial charge in [0.2, 0.25) is 10.0 Å². The number of sulfonamides is 1. The zero-order chi connectivity index (χ0) is 20.9. The maximum atomic E-state index is 12.9. The molecule has 2 aromatic carbocycles. The fourth-order valence-corrected chi connectivity index (χ4v) is 4.02. The molecule has 1 atom stereocenters. The van der Waals surface area contributed by atoms with Gasteiger partial charge in [0.25, 0.3) is 0 Å². The van der Waals surface area contributed by atoms with Crippen LogP contribution >= 0.6 is 0 Å². The summed E-state index contributed by atoms with van der Waals surface area (Å²) in [5.41, 5.74) is 2.45. The minimum atomic E-state index is -3.85. The lowest BCUT2D eigenvalue weighted by Gasteiger charge is -2.19. The topological polar surface area (TPSA) is 81.7 Å². The molecule has 0 aromatic heterocycles. The highest BCUT2D eigenvalue weighted by Gasteiger charge is 2.24. The first-order chi connectivity index (χ1) is 13.1. The summed E-state index contributed by atoms with van der Waals surface area (Å²) in [4.78, 5) is 11.9. The molecule has 0 fully saturated rings. The van der Waals surface area contributed by atoms with E-state index in [4.69, 9.17) is 9.47 Å². The second-order valence-corrected chi connectivity index (χ2v) is 8.67. The second-order valence-electron chi connectivity index (χ2n) is 6.96. The summed E-state index contributed by atoms with van der Waals surface area (Å²) >= 11 is 0. The molecule has 0 spiro atoms. The molecule has 0 radical (unpaired) electrons. The number of carbonyl (C=O) groups is 1. The molecule has 0 saturated carbocycles. The Morgan fingerprint density at radius 2 is 1.71 bits per heavy atom. The van der Waals surface area contributed by atoms with Crippen LogP contribution in [0, 0.1) is 13.8 Å². The van der Waals surface area contributed by atoms with E-state index in [9.17, 15) is 13.2 Å². The molecule has 0 heterocycles. The molecular weight excluding hydrogens is 378 g/mol. The number of methoxy groups -OCH3 is 1. The van der Waals surface area contributed by atoms with Crippen molar-refractivity contribution in [2.75, 3.05) is 7.11 Å². The summed E-state index contributed by atoms with van der Waals surface area (Å²) in [6.45, 7) is 7.55. The first-order valence-corrected chi connectivity index (χ1v) is 10.5. The quantitative estimate of drug-likeness (QED) is 0.678. The molecule has 0 amide bonds. The number of nitrogens with one attached hydrogen (secondary N) is 1. The number of carbonyl (C=O) groups excluding carboxylic acids is 1. The molecule has 6 nitrogen and oxygen atoms in total. The van der Waals surface area contributed by atoms with Crippen LogP contribution in [0.2, 0.25) is 0 Å². The van der Waals surface area contributed by atoms with Crippen LogP contribution in [0.4, 0.5) is 0 Å². The minimum absolute atomic E-state index is 0.00902. The van der Waals surface area contributed by atoms with E-state index in [1.165, 1.54) is 13.2 Å². The van der Waals surface area contributed by atoms with Gasteiger partial charge in [-0.15, -0.1) is 0 Å². The summed E-state index contributed by atoms with van der Waals surface area (Å²) < 4.78 is 38.9. The fraction of sp³-hybridized carbons (Fsp3) is 0.381. The smallest absolute Gasteiger partial charge is 0.307 e. The molecule has 28 heavy (non-hydrogen) atoms. The molecule has 2 rings (SSSR count). The van der Waals surface area contributed by atoms with Crippen molar-refractivity contribution >= 4 is 16.0 Å². The fourth-order valence-electron chi connectivity index (χ4n) is 2.71. The van der Waals surface area contributed by atoms with Crippen molar-refractivity contribution < 1.29 is 22.7 Å². The lowest BCUT2D eigenvalue weighted by molar-refractivity contribution is -0.141. The van der Waals surface area contributed by atoms with Gasteiger partial charge in [-0.05, 0) is 57.0 Å². The van der Waals surface area contributed by atoms with Gasteiger partial charge in [-0.2, -0.15) is 0 Å². The van der Waals surface area contributed by atoms with E-state index in [1.54, 1.807) is 31.2 Å². The van der Waals surface area contributed by atoms with Crippen LogP contribution < -0.4 is 9.46 Å². The predicted octanol–water partition coefficient (Wildman–Crippen LogP) is 3.67. The van der Waals surface area contributed by atoms with Crippen molar-refractivity contribution in [1.29, 1.82) is 0 Å². The molecule has 152 valence electrons. The number of hydrogen-bond donors (Lipinski definition) is 1. The zero-order valence-corrected chi connectivity index (χ0v) is 17.7. The summed E-state index contributed by atoms with van der Waals surface area (Å²) in [5, 5.41) is 0. The van der Waals surface area contributed by atoms with E-state index in [0.29, 0.717) is 11.3 Å². The minimum Gasteiger partial charge on any atom is -0.491 e. The van der Waals surface area contributed by atoms with Crippen molar-refractivity contribution in [2.45, 2.75) is 51.2 Å². The SMILES string of the molecule is COC(=O)CC(NS(=O)(=O)c1ccc(OC(C)C)c(C)c1)c1ccc(C)cc1. The largest absolute Gasteiger partial charge is 0.491 e. The Labute approximate surface area is 166 Å². The summed E-state index contributed by atoms with van der Waals surface area (Å²) in [7, 11) is -2.58. The third-order valence-corrected chi connectivity index (χ3v) is 5.66. The third kappa shape index (κ3) is 5.81. The number of rotatable bonds is 8. The highest BCUT2D eigenvalue weighted by atomic mass is 32.2. The van der Waals surface area contributed by atoms with Crippen molar-refractivity contribution in [3.8, 4) is 5.75 Å². The van der Waals surface area contributed by atoms with Gasteiger partial charge in [0.15, 0.2) is 0 Å². The first kappa shape index (κ1) is 21.9. The average molecular weight is 406 g/mol. The van der Waals surface area contributed by atoms with Gasteiger partial charge in [0, 0.05) is 0 Å². The molecule has 0 aliphatic rings. The third-order valence-electron chi connectivity index (χ3n) is 4.19. The van der Waals surface area contributed by atoms with Crippen molar-refractivity contribution in [3.63, 3.8) is 0 Å². The van der Waals surface area contributed by atoms with Crippen LogP contribution in [0.3, 0.4) is 0 Å². The van der Waals surface area contributed by atoms with Crippen molar-refractivity contribution in [3.05, 3.63) is 59.2 Å². The summed E-state index contributed by atoms with van der Waals surface area (Å²) in [5.74, 6) is 0.142.